The molecule has 0 saturated carbocycles. The Balaban J connectivity index is 2.65. The minimum Gasteiger partial charge on any atom is -0.481 e. The third kappa shape index (κ3) is 4.02. The van der Waals surface area contributed by atoms with Gasteiger partial charge in [0, 0.05) is 18.1 Å². The van der Waals surface area contributed by atoms with E-state index in [-0.39, 0.29) is 0 Å². The number of carbonyl (C=O) groups is 1. The molecule has 0 spiro atoms. The third-order valence-electron chi connectivity index (χ3n) is 2.64. The number of nitrogens with zero attached hydrogens (tertiary/aromatic N) is 1. The van der Waals surface area contributed by atoms with Crippen LogP contribution in [-0.4, -0.2) is 29.6 Å². The molecule has 17 heavy (non-hydrogen) atoms. The number of carboxylic acid groups (broad SMARTS) is 1. The third-order valence-corrected chi connectivity index (χ3v) is 3.01. The summed E-state index contributed by atoms with van der Waals surface area (Å²) in [5.41, 5.74) is 0.258. The van der Waals surface area contributed by atoms with E-state index < -0.39 is 11.4 Å². The summed E-state index contributed by atoms with van der Waals surface area (Å²) in [6.45, 7) is 4.57. The van der Waals surface area contributed by atoms with Crippen molar-refractivity contribution < 1.29 is 9.90 Å². The summed E-state index contributed by atoms with van der Waals surface area (Å²) in [4.78, 5) is 13.0. The van der Waals surface area contributed by atoms with Crippen LogP contribution < -0.4 is 0 Å². The highest BCUT2D eigenvalue weighted by Crippen LogP contribution is 2.20. The molecular formula is C13H18ClNO2. The van der Waals surface area contributed by atoms with E-state index in [4.69, 9.17) is 16.7 Å². The van der Waals surface area contributed by atoms with Gasteiger partial charge in [0.15, 0.2) is 0 Å². The average Bonchev–Trinajstić information content (AvgIpc) is 2.20. The molecule has 94 valence electrons. The maximum Gasteiger partial charge on any atom is 0.310 e. The van der Waals surface area contributed by atoms with E-state index >= 15 is 0 Å². The first-order chi connectivity index (χ1) is 7.83. The summed E-state index contributed by atoms with van der Waals surface area (Å²) in [6.07, 6.45) is 0. The Labute approximate surface area is 107 Å². The summed E-state index contributed by atoms with van der Waals surface area (Å²) in [6, 6.07) is 7.60. The van der Waals surface area contributed by atoms with Crippen LogP contribution in [0.2, 0.25) is 5.02 Å². The highest BCUT2D eigenvalue weighted by atomic mass is 35.5. The molecule has 0 aromatic heterocycles. The van der Waals surface area contributed by atoms with Crippen molar-refractivity contribution in [3.8, 4) is 0 Å². The van der Waals surface area contributed by atoms with Crippen molar-refractivity contribution >= 4 is 17.6 Å². The van der Waals surface area contributed by atoms with Crippen molar-refractivity contribution in [3.63, 3.8) is 0 Å². The predicted molar refractivity (Wildman–Crippen MR) is 69.2 cm³/mol. The summed E-state index contributed by atoms with van der Waals surface area (Å²) >= 11 is 6.06. The molecule has 1 N–H and O–H groups in total. The zero-order valence-corrected chi connectivity index (χ0v) is 11.2. The maximum atomic E-state index is 11.0. The molecule has 3 nitrogen and oxygen atoms in total. The smallest absolute Gasteiger partial charge is 0.310 e. The molecule has 0 fully saturated rings. The summed E-state index contributed by atoms with van der Waals surface area (Å²) < 4.78 is 0. The lowest BCUT2D eigenvalue weighted by molar-refractivity contribution is -0.147. The molecule has 1 aromatic carbocycles. The molecule has 0 bridgehead atoms. The van der Waals surface area contributed by atoms with E-state index in [1.54, 1.807) is 13.8 Å². The molecule has 4 heteroatoms. The molecule has 0 aliphatic carbocycles. The zero-order chi connectivity index (χ0) is 13.1. The van der Waals surface area contributed by atoms with Gasteiger partial charge in [-0.25, -0.2) is 0 Å². The second kappa shape index (κ2) is 5.52. The Morgan fingerprint density at radius 2 is 2.00 bits per heavy atom. The standard InChI is InChI=1S/C13H18ClNO2/c1-13(2,12(16)17)9-15(3)8-10-6-4-5-7-11(10)14/h4-7H,8-9H2,1-3H3,(H,16,17). The second-order valence-electron chi connectivity index (χ2n) is 4.95. The van der Waals surface area contributed by atoms with Gasteiger partial charge < -0.3 is 10.0 Å². The van der Waals surface area contributed by atoms with Gasteiger partial charge in [0.2, 0.25) is 0 Å². The Hall–Kier alpha value is -1.06. The largest absolute Gasteiger partial charge is 0.481 e. The highest BCUT2D eigenvalue weighted by molar-refractivity contribution is 6.31. The Bertz CT molecular complexity index is 404. The molecule has 0 radical (unpaired) electrons. The SMILES string of the molecule is CN(Cc1ccccc1Cl)CC(C)(C)C(=O)O. The zero-order valence-electron chi connectivity index (χ0n) is 10.4. The molecule has 0 atom stereocenters. The first-order valence-electron chi connectivity index (χ1n) is 5.48. The van der Waals surface area contributed by atoms with Crippen molar-refractivity contribution in [2.24, 2.45) is 5.41 Å². The number of hydrogen-bond donors (Lipinski definition) is 1. The molecular weight excluding hydrogens is 238 g/mol. The van der Waals surface area contributed by atoms with Crippen molar-refractivity contribution in [1.29, 1.82) is 0 Å². The lowest BCUT2D eigenvalue weighted by Crippen LogP contribution is -2.36. The lowest BCUT2D eigenvalue weighted by atomic mass is 9.93. The van der Waals surface area contributed by atoms with Crippen LogP contribution in [0.25, 0.3) is 0 Å². The van der Waals surface area contributed by atoms with Crippen LogP contribution in [0.3, 0.4) is 0 Å². The fraction of sp³-hybridized carbons (Fsp3) is 0.462. The molecule has 0 aliphatic heterocycles. The van der Waals surface area contributed by atoms with Gasteiger partial charge in [-0.3, -0.25) is 4.79 Å². The van der Waals surface area contributed by atoms with Gasteiger partial charge in [0.1, 0.15) is 0 Å². The predicted octanol–water partition coefficient (Wildman–Crippen LogP) is 2.88. The van der Waals surface area contributed by atoms with Gasteiger partial charge in [-0.1, -0.05) is 29.8 Å². The van der Waals surface area contributed by atoms with Crippen molar-refractivity contribution in [2.75, 3.05) is 13.6 Å². The molecule has 0 unspecified atom stereocenters. The lowest BCUT2D eigenvalue weighted by Gasteiger charge is -2.26. The Morgan fingerprint density at radius 3 is 2.53 bits per heavy atom. The molecule has 1 aromatic rings. The van der Waals surface area contributed by atoms with E-state index in [1.165, 1.54) is 0 Å². The van der Waals surface area contributed by atoms with Crippen LogP contribution in [-0.2, 0) is 11.3 Å². The van der Waals surface area contributed by atoms with Gasteiger partial charge in [-0.15, -0.1) is 0 Å². The quantitative estimate of drug-likeness (QED) is 0.880. The first-order valence-corrected chi connectivity index (χ1v) is 5.86. The molecule has 0 saturated heterocycles. The van der Waals surface area contributed by atoms with Gasteiger partial charge >= 0.3 is 5.97 Å². The summed E-state index contributed by atoms with van der Waals surface area (Å²) in [5, 5.41) is 9.77. The number of carboxylic acids is 1. The monoisotopic (exact) mass is 255 g/mol. The number of aliphatic carboxylic acids is 1. The molecule has 1 rings (SSSR count). The second-order valence-corrected chi connectivity index (χ2v) is 5.36. The maximum absolute atomic E-state index is 11.0. The van der Waals surface area contributed by atoms with Crippen molar-refractivity contribution in [3.05, 3.63) is 34.9 Å². The Morgan fingerprint density at radius 1 is 1.41 bits per heavy atom. The van der Waals surface area contributed by atoms with Crippen LogP contribution in [0.15, 0.2) is 24.3 Å². The Kier molecular flexibility index (Phi) is 4.54. The minimum absolute atomic E-state index is 0.480. The number of halogens is 1. The highest BCUT2D eigenvalue weighted by Gasteiger charge is 2.28. The molecule has 0 amide bonds. The van der Waals surface area contributed by atoms with E-state index in [1.807, 2.05) is 36.2 Å². The van der Waals surface area contributed by atoms with E-state index in [2.05, 4.69) is 0 Å². The molecule has 0 aliphatic rings. The summed E-state index contributed by atoms with van der Waals surface area (Å²) in [5.74, 6) is -0.788. The number of benzene rings is 1. The van der Waals surface area contributed by atoms with E-state index in [9.17, 15) is 4.79 Å². The van der Waals surface area contributed by atoms with Crippen molar-refractivity contribution in [2.45, 2.75) is 20.4 Å². The fourth-order valence-corrected chi connectivity index (χ4v) is 1.91. The summed E-state index contributed by atoms with van der Waals surface area (Å²) in [7, 11) is 1.90. The first kappa shape index (κ1) is 14.0. The van der Waals surface area contributed by atoms with Gasteiger partial charge in [-0.05, 0) is 32.5 Å². The van der Waals surface area contributed by atoms with Gasteiger partial charge in [0.25, 0.3) is 0 Å². The van der Waals surface area contributed by atoms with Crippen LogP contribution >= 0.6 is 11.6 Å². The van der Waals surface area contributed by atoms with Gasteiger partial charge in [0.05, 0.1) is 5.41 Å². The minimum atomic E-state index is -0.788. The van der Waals surface area contributed by atoms with Crippen LogP contribution in [0.1, 0.15) is 19.4 Å². The van der Waals surface area contributed by atoms with Gasteiger partial charge in [-0.2, -0.15) is 0 Å². The van der Waals surface area contributed by atoms with E-state index in [0.717, 1.165) is 5.56 Å². The van der Waals surface area contributed by atoms with Crippen molar-refractivity contribution in [1.82, 2.24) is 4.90 Å². The number of hydrogen-bond acceptors (Lipinski definition) is 2. The van der Waals surface area contributed by atoms with Crippen LogP contribution in [0.4, 0.5) is 0 Å². The van der Waals surface area contributed by atoms with Crippen LogP contribution in [0.5, 0.6) is 0 Å². The average molecular weight is 256 g/mol. The normalized spacial score (nSPS) is 11.8. The van der Waals surface area contributed by atoms with E-state index in [0.29, 0.717) is 18.1 Å². The fourth-order valence-electron chi connectivity index (χ4n) is 1.72. The topological polar surface area (TPSA) is 40.5 Å². The molecule has 0 heterocycles. The van der Waals surface area contributed by atoms with Crippen LogP contribution in [0, 0.1) is 5.41 Å². The number of rotatable bonds is 5.